The molecule has 0 bridgehead atoms. The quantitative estimate of drug-likeness (QED) is 0.753. The Bertz CT molecular complexity index is 374. The Morgan fingerprint density at radius 3 is 2.59 bits per heavy atom. The van der Waals surface area contributed by atoms with Crippen molar-refractivity contribution in [1.82, 2.24) is 10.0 Å². The summed E-state index contributed by atoms with van der Waals surface area (Å²) in [4.78, 5) is 0. The summed E-state index contributed by atoms with van der Waals surface area (Å²) >= 11 is 0. The van der Waals surface area contributed by atoms with E-state index in [1.165, 1.54) is 0 Å². The molecule has 2 fully saturated rings. The van der Waals surface area contributed by atoms with Gasteiger partial charge in [0.25, 0.3) is 0 Å². The van der Waals surface area contributed by atoms with E-state index in [0.717, 1.165) is 13.0 Å². The molecule has 0 radical (unpaired) electrons. The fraction of sp³-hybridized carbons (Fsp3) is 1.00. The second-order valence-electron chi connectivity index (χ2n) is 5.61. The molecule has 1 aliphatic heterocycles. The fourth-order valence-corrected chi connectivity index (χ4v) is 4.43. The molecule has 2 N–H and O–H groups in total. The molecule has 3 atom stereocenters. The van der Waals surface area contributed by atoms with Crippen LogP contribution in [0.1, 0.15) is 26.7 Å². The van der Waals surface area contributed by atoms with Gasteiger partial charge in [0.2, 0.25) is 10.0 Å². The van der Waals surface area contributed by atoms with E-state index in [-0.39, 0.29) is 22.8 Å². The molecule has 0 aromatic heterocycles. The van der Waals surface area contributed by atoms with Crippen LogP contribution in [0.4, 0.5) is 0 Å². The first-order valence-corrected chi connectivity index (χ1v) is 7.67. The molecule has 1 saturated heterocycles. The second-order valence-corrected chi connectivity index (χ2v) is 7.60. The van der Waals surface area contributed by atoms with Crippen LogP contribution in [0.2, 0.25) is 0 Å². The average molecular weight is 262 g/mol. The molecule has 1 saturated carbocycles. The number of sulfonamides is 1. The molecular weight excluding hydrogens is 240 g/mol. The molecule has 2 rings (SSSR count). The van der Waals surface area contributed by atoms with Crippen LogP contribution in [0, 0.1) is 5.41 Å². The maximum Gasteiger partial charge on any atom is 0.216 e. The van der Waals surface area contributed by atoms with E-state index in [0.29, 0.717) is 13.0 Å². The molecule has 2 aliphatic rings. The monoisotopic (exact) mass is 262 g/mol. The van der Waals surface area contributed by atoms with Gasteiger partial charge in [0.05, 0.1) is 11.4 Å². The van der Waals surface area contributed by atoms with Crippen LogP contribution < -0.4 is 10.0 Å². The Morgan fingerprint density at radius 1 is 1.41 bits per heavy atom. The standard InChI is InChI=1S/C11H22N2O3S/c1-11(2)9(6-10(11)16-3)13-17(14,15)8-4-5-12-7-8/h8-10,12-13H,4-7H2,1-3H3. The zero-order valence-electron chi connectivity index (χ0n) is 10.7. The minimum atomic E-state index is -3.19. The molecule has 3 unspecified atom stereocenters. The predicted molar refractivity (Wildman–Crippen MR) is 66.3 cm³/mol. The normalized spacial score (nSPS) is 36.8. The van der Waals surface area contributed by atoms with E-state index in [2.05, 4.69) is 10.0 Å². The number of nitrogens with one attached hydrogen (secondary N) is 2. The van der Waals surface area contributed by atoms with Crippen molar-refractivity contribution in [3.8, 4) is 0 Å². The number of rotatable bonds is 4. The Balaban J connectivity index is 1.98. The third kappa shape index (κ3) is 2.36. The highest BCUT2D eigenvalue weighted by molar-refractivity contribution is 7.90. The van der Waals surface area contributed by atoms with Crippen molar-refractivity contribution in [3.63, 3.8) is 0 Å². The van der Waals surface area contributed by atoms with Gasteiger partial charge < -0.3 is 10.1 Å². The van der Waals surface area contributed by atoms with E-state index in [1.54, 1.807) is 7.11 Å². The minimum absolute atomic E-state index is 0.00181. The molecular formula is C11H22N2O3S. The summed E-state index contributed by atoms with van der Waals surface area (Å²) in [5.41, 5.74) is -0.117. The van der Waals surface area contributed by atoms with Gasteiger partial charge in [0.1, 0.15) is 0 Å². The van der Waals surface area contributed by atoms with Gasteiger partial charge in [-0.1, -0.05) is 13.8 Å². The van der Waals surface area contributed by atoms with E-state index in [1.807, 2.05) is 13.8 Å². The van der Waals surface area contributed by atoms with Gasteiger partial charge in [-0.2, -0.15) is 0 Å². The molecule has 1 heterocycles. The predicted octanol–water partition coefficient (Wildman–Crippen LogP) is 0.0812. The fourth-order valence-electron chi connectivity index (χ4n) is 2.67. The van der Waals surface area contributed by atoms with Crippen molar-refractivity contribution in [2.24, 2.45) is 5.41 Å². The van der Waals surface area contributed by atoms with Crippen molar-refractivity contribution in [2.45, 2.75) is 44.1 Å². The Labute approximate surface area is 103 Å². The Kier molecular flexibility index (Phi) is 3.51. The average Bonchev–Trinajstić information content (AvgIpc) is 2.77. The summed E-state index contributed by atoms with van der Waals surface area (Å²) in [5.74, 6) is 0. The molecule has 0 aromatic rings. The minimum Gasteiger partial charge on any atom is -0.381 e. The Morgan fingerprint density at radius 2 is 2.12 bits per heavy atom. The topological polar surface area (TPSA) is 67.4 Å². The molecule has 17 heavy (non-hydrogen) atoms. The lowest BCUT2D eigenvalue weighted by Gasteiger charge is -2.51. The van der Waals surface area contributed by atoms with Crippen molar-refractivity contribution >= 4 is 10.0 Å². The van der Waals surface area contributed by atoms with Crippen LogP contribution in [0.3, 0.4) is 0 Å². The maximum atomic E-state index is 12.1. The third-order valence-electron chi connectivity index (χ3n) is 4.22. The van der Waals surface area contributed by atoms with Crippen LogP contribution in [-0.2, 0) is 14.8 Å². The molecule has 1 aliphatic carbocycles. The van der Waals surface area contributed by atoms with Crippen molar-refractivity contribution in [3.05, 3.63) is 0 Å². The molecule has 6 heteroatoms. The summed E-state index contributed by atoms with van der Waals surface area (Å²) in [7, 11) is -1.51. The SMILES string of the molecule is COC1CC(NS(=O)(=O)C2CCNC2)C1(C)C. The van der Waals surface area contributed by atoms with Gasteiger partial charge in [-0.15, -0.1) is 0 Å². The van der Waals surface area contributed by atoms with Gasteiger partial charge in [0, 0.05) is 25.1 Å². The van der Waals surface area contributed by atoms with Crippen LogP contribution in [-0.4, -0.2) is 46.0 Å². The summed E-state index contributed by atoms with van der Waals surface area (Å²) in [6, 6.07) is -0.00181. The Hall–Kier alpha value is -0.170. The highest BCUT2D eigenvalue weighted by Crippen LogP contribution is 2.42. The van der Waals surface area contributed by atoms with Crippen molar-refractivity contribution in [2.75, 3.05) is 20.2 Å². The van der Waals surface area contributed by atoms with Crippen LogP contribution >= 0.6 is 0 Å². The maximum absolute atomic E-state index is 12.1. The second kappa shape index (κ2) is 4.50. The summed E-state index contributed by atoms with van der Waals surface area (Å²) in [6.07, 6.45) is 1.62. The van der Waals surface area contributed by atoms with Crippen LogP contribution in [0.5, 0.6) is 0 Å². The first-order chi connectivity index (χ1) is 7.88. The van der Waals surface area contributed by atoms with E-state index >= 15 is 0 Å². The number of hydrogen-bond acceptors (Lipinski definition) is 4. The highest BCUT2D eigenvalue weighted by Gasteiger charge is 2.50. The summed E-state index contributed by atoms with van der Waals surface area (Å²) in [5, 5.41) is 2.81. The molecule has 5 nitrogen and oxygen atoms in total. The van der Waals surface area contributed by atoms with Gasteiger partial charge in [-0.3, -0.25) is 0 Å². The lowest BCUT2D eigenvalue weighted by atomic mass is 9.65. The van der Waals surface area contributed by atoms with Crippen LogP contribution in [0.15, 0.2) is 0 Å². The molecule has 100 valence electrons. The van der Waals surface area contributed by atoms with Crippen LogP contribution in [0.25, 0.3) is 0 Å². The number of methoxy groups -OCH3 is 1. The van der Waals surface area contributed by atoms with Gasteiger partial charge in [-0.25, -0.2) is 13.1 Å². The first-order valence-electron chi connectivity index (χ1n) is 6.12. The van der Waals surface area contributed by atoms with Crippen molar-refractivity contribution < 1.29 is 13.2 Å². The molecule has 0 spiro atoms. The molecule has 0 amide bonds. The molecule has 0 aromatic carbocycles. The lowest BCUT2D eigenvalue weighted by Crippen LogP contribution is -2.62. The first kappa shape index (κ1) is 13.3. The van der Waals surface area contributed by atoms with E-state index in [9.17, 15) is 8.42 Å². The zero-order chi connectivity index (χ0) is 12.7. The smallest absolute Gasteiger partial charge is 0.216 e. The lowest BCUT2D eigenvalue weighted by molar-refractivity contribution is -0.0909. The highest BCUT2D eigenvalue weighted by atomic mass is 32.2. The van der Waals surface area contributed by atoms with E-state index < -0.39 is 10.0 Å². The largest absolute Gasteiger partial charge is 0.381 e. The van der Waals surface area contributed by atoms with Gasteiger partial charge in [-0.05, 0) is 19.4 Å². The number of hydrogen-bond donors (Lipinski definition) is 2. The zero-order valence-corrected chi connectivity index (χ0v) is 11.5. The van der Waals surface area contributed by atoms with Gasteiger partial charge in [0.15, 0.2) is 0 Å². The third-order valence-corrected chi connectivity index (χ3v) is 6.12. The summed E-state index contributed by atoms with van der Waals surface area (Å²) < 4.78 is 32.4. The van der Waals surface area contributed by atoms with Crippen molar-refractivity contribution in [1.29, 1.82) is 0 Å². The van der Waals surface area contributed by atoms with Gasteiger partial charge >= 0.3 is 0 Å². The summed E-state index contributed by atoms with van der Waals surface area (Å²) in [6.45, 7) is 5.45. The van der Waals surface area contributed by atoms with E-state index in [4.69, 9.17) is 4.74 Å². The number of ether oxygens (including phenoxy) is 1.